The van der Waals surface area contributed by atoms with Gasteiger partial charge in [0.1, 0.15) is 0 Å². The highest BCUT2D eigenvalue weighted by Gasteiger charge is 2.18. The van der Waals surface area contributed by atoms with Crippen LogP contribution in [0.4, 0.5) is 0 Å². The summed E-state index contributed by atoms with van der Waals surface area (Å²) in [7, 11) is -0.809. The molecule has 0 heterocycles. The van der Waals surface area contributed by atoms with Crippen LogP contribution in [0.5, 0.6) is 0 Å². The number of hydrogen-bond acceptors (Lipinski definition) is 0. The zero-order chi connectivity index (χ0) is 8.91. The van der Waals surface area contributed by atoms with Gasteiger partial charge in [-0.2, -0.15) is 0 Å². The zero-order valence-corrected chi connectivity index (χ0v) is 10.9. The van der Waals surface area contributed by atoms with E-state index in [4.69, 9.17) is 0 Å². The first-order valence-corrected chi connectivity index (χ1v) is 9.38. The van der Waals surface area contributed by atoms with Crippen molar-refractivity contribution in [1.82, 2.24) is 0 Å². The highest BCUT2D eigenvalue weighted by Crippen LogP contribution is 2.22. The Hall–Kier alpha value is 0.697. The maximum absolute atomic E-state index is 3.59. The van der Waals surface area contributed by atoms with E-state index in [-0.39, 0.29) is 0 Å². The average molecular weight is 237 g/mol. The van der Waals surface area contributed by atoms with Crippen LogP contribution in [0, 0.1) is 5.92 Å². The quantitative estimate of drug-likeness (QED) is 0.498. The summed E-state index contributed by atoms with van der Waals surface area (Å²) in [5.74, 6) is 0.937. The summed E-state index contributed by atoms with van der Waals surface area (Å²) in [6.07, 6.45) is 2.73. The first-order valence-electron chi connectivity index (χ1n) is 4.55. The molecule has 0 rings (SSSR count). The lowest BCUT2D eigenvalue weighted by atomic mass is 10.1. The van der Waals surface area contributed by atoms with E-state index in [2.05, 4.69) is 42.5 Å². The summed E-state index contributed by atoms with van der Waals surface area (Å²) in [6.45, 7) is 9.65. The maximum atomic E-state index is 3.59. The van der Waals surface area contributed by atoms with E-state index in [1.54, 1.807) is 0 Å². The second-order valence-electron chi connectivity index (χ2n) is 4.57. The lowest BCUT2D eigenvalue weighted by molar-refractivity contribution is 0.580. The van der Waals surface area contributed by atoms with E-state index in [1.807, 2.05) is 0 Å². The topological polar surface area (TPSA) is 0 Å². The Morgan fingerprint density at radius 1 is 1.27 bits per heavy atom. The number of rotatable bonds is 5. The lowest BCUT2D eigenvalue weighted by Crippen LogP contribution is -2.24. The fourth-order valence-corrected chi connectivity index (χ4v) is 4.56. The summed E-state index contributed by atoms with van der Waals surface area (Å²) >= 11 is 3.59. The third kappa shape index (κ3) is 7.07. The van der Waals surface area contributed by atoms with Gasteiger partial charge in [0.2, 0.25) is 0 Å². The SMILES string of the molecule is CCCC(CBr)C[Si](C)(C)C. The van der Waals surface area contributed by atoms with Gasteiger partial charge in [-0.1, -0.05) is 61.4 Å². The molecule has 0 amide bonds. The molecule has 0 nitrogen and oxygen atoms in total. The largest absolute Gasteiger partial charge is 0.0925 e. The Labute approximate surface area is 80.9 Å². The molecule has 1 atom stereocenters. The molecule has 0 N–H and O–H groups in total. The summed E-state index contributed by atoms with van der Waals surface area (Å²) in [4.78, 5) is 0. The zero-order valence-electron chi connectivity index (χ0n) is 8.28. The first-order chi connectivity index (χ1) is 4.99. The van der Waals surface area contributed by atoms with Crippen LogP contribution in [0.2, 0.25) is 25.7 Å². The van der Waals surface area contributed by atoms with E-state index in [9.17, 15) is 0 Å². The van der Waals surface area contributed by atoms with Crippen LogP contribution in [-0.2, 0) is 0 Å². The molecule has 68 valence electrons. The maximum Gasteiger partial charge on any atom is 0.0445 e. The molecular formula is C9H21BrSi. The number of hydrogen-bond donors (Lipinski definition) is 0. The highest BCUT2D eigenvalue weighted by atomic mass is 79.9. The molecule has 2 heteroatoms. The summed E-state index contributed by atoms with van der Waals surface area (Å²) in [5, 5.41) is 1.20. The Balaban J connectivity index is 3.68. The Bertz CT molecular complexity index is 96.2. The van der Waals surface area contributed by atoms with E-state index < -0.39 is 8.07 Å². The van der Waals surface area contributed by atoms with Gasteiger partial charge in [0, 0.05) is 13.4 Å². The third-order valence-corrected chi connectivity index (χ3v) is 4.53. The molecule has 0 spiro atoms. The minimum Gasteiger partial charge on any atom is -0.0925 e. The standard InChI is InChI=1S/C9H21BrSi/c1-5-6-9(7-10)8-11(2,3)4/h9H,5-8H2,1-4H3. The van der Waals surface area contributed by atoms with Gasteiger partial charge in [0.15, 0.2) is 0 Å². The minimum absolute atomic E-state index is 0.809. The van der Waals surface area contributed by atoms with Gasteiger partial charge in [-0.05, 0) is 5.92 Å². The van der Waals surface area contributed by atoms with Crippen LogP contribution < -0.4 is 0 Å². The normalized spacial score (nSPS) is 15.0. The molecular weight excluding hydrogens is 216 g/mol. The third-order valence-electron chi connectivity index (χ3n) is 1.82. The monoisotopic (exact) mass is 236 g/mol. The second-order valence-corrected chi connectivity index (χ2v) is 10.8. The minimum atomic E-state index is -0.809. The van der Waals surface area contributed by atoms with Crippen molar-refractivity contribution < 1.29 is 0 Å². The summed E-state index contributed by atoms with van der Waals surface area (Å²) < 4.78 is 0. The molecule has 0 aromatic heterocycles. The molecule has 0 aliphatic carbocycles. The van der Waals surface area contributed by atoms with E-state index >= 15 is 0 Å². The average Bonchev–Trinajstić information content (AvgIpc) is 1.84. The summed E-state index contributed by atoms with van der Waals surface area (Å²) in [5.41, 5.74) is 0. The smallest absolute Gasteiger partial charge is 0.0445 e. The predicted octanol–water partition coefficient (Wildman–Crippen LogP) is 4.14. The van der Waals surface area contributed by atoms with Crippen molar-refractivity contribution in [3.8, 4) is 0 Å². The van der Waals surface area contributed by atoms with E-state index in [0.717, 1.165) is 5.92 Å². The lowest BCUT2D eigenvalue weighted by Gasteiger charge is -2.22. The highest BCUT2D eigenvalue weighted by molar-refractivity contribution is 9.09. The van der Waals surface area contributed by atoms with E-state index in [1.165, 1.54) is 24.2 Å². The molecule has 0 aliphatic heterocycles. The van der Waals surface area contributed by atoms with Crippen molar-refractivity contribution in [1.29, 1.82) is 0 Å². The van der Waals surface area contributed by atoms with Crippen LogP contribution in [0.25, 0.3) is 0 Å². The van der Waals surface area contributed by atoms with Gasteiger partial charge in [-0.3, -0.25) is 0 Å². The Kier molecular flexibility index (Phi) is 5.70. The van der Waals surface area contributed by atoms with Gasteiger partial charge in [-0.15, -0.1) is 0 Å². The van der Waals surface area contributed by atoms with Crippen LogP contribution in [0.3, 0.4) is 0 Å². The predicted molar refractivity (Wildman–Crippen MR) is 60.3 cm³/mol. The van der Waals surface area contributed by atoms with Gasteiger partial charge < -0.3 is 0 Å². The van der Waals surface area contributed by atoms with Crippen LogP contribution in [0.1, 0.15) is 19.8 Å². The van der Waals surface area contributed by atoms with Gasteiger partial charge in [0.05, 0.1) is 0 Å². The molecule has 0 aromatic rings. The number of alkyl halides is 1. The van der Waals surface area contributed by atoms with Gasteiger partial charge in [0.25, 0.3) is 0 Å². The van der Waals surface area contributed by atoms with Crippen LogP contribution in [0.15, 0.2) is 0 Å². The first kappa shape index (κ1) is 11.7. The molecule has 1 unspecified atom stereocenters. The molecule has 0 bridgehead atoms. The Morgan fingerprint density at radius 3 is 2.09 bits per heavy atom. The van der Waals surface area contributed by atoms with Gasteiger partial charge >= 0.3 is 0 Å². The van der Waals surface area contributed by atoms with Crippen molar-refractivity contribution in [3.63, 3.8) is 0 Å². The Morgan fingerprint density at radius 2 is 1.82 bits per heavy atom. The van der Waals surface area contributed by atoms with Crippen molar-refractivity contribution in [2.24, 2.45) is 5.92 Å². The number of halogens is 1. The molecule has 0 saturated carbocycles. The van der Waals surface area contributed by atoms with Crippen LogP contribution >= 0.6 is 15.9 Å². The van der Waals surface area contributed by atoms with Gasteiger partial charge in [-0.25, -0.2) is 0 Å². The molecule has 0 fully saturated rings. The summed E-state index contributed by atoms with van der Waals surface area (Å²) in [6, 6.07) is 1.48. The molecule has 0 radical (unpaired) electrons. The van der Waals surface area contributed by atoms with E-state index in [0.29, 0.717) is 0 Å². The molecule has 0 aromatic carbocycles. The second kappa shape index (κ2) is 5.36. The molecule has 11 heavy (non-hydrogen) atoms. The van der Waals surface area contributed by atoms with Crippen LogP contribution in [-0.4, -0.2) is 13.4 Å². The molecule has 0 aliphatic rings. The van der Waals surface area contributed by atoms with Crippen molar-refractivity contribution in [2.75, 3.05) is 5.33 Å². The fourth-order valence-electron chi connectivity index (χ4n) is 1.51. The van der Waals surface area contributed by atoms with Crippen molar-refractivity contribution in [3.05, 3.63) is 0 Å². The molecule has 0 saturated heterocycles. The van der Waals surface area contributed by atoms with Crippen molar-refractivity contribution >= 4 is 24.0 Å². The van der Waals surface area contributed by atoms with Crippen molar-refractivity contribution in [2.45, 2.75) is 45.5 Å². The fraction of sp³-hybridized carbons (Fsp3) is 1.00.